The van der Waals surface area contributed by atoms with E-state index < -0.39 is 11.9 Å². The van der Waals surface area contributed by atoms with Crippen LogP contribution in [0.3, 0.4) is 0 Å². The highest BCUT2D eigenvalue weighted by Gasteiger charge is 2.28. The Morgan fingerprint density at radius 1 is 1.29 bits per heavy atom. The van der Waals surface area contributed by atoms with Crippen molar-refractivity contribution in [1.82, 2.24) is 9.80 Å². The Morgan fingerprint density at radius 2 is 1.96 bits per heavy atom. The maximum absolute atomic E-state index is 12.3. The lowest BCUT2D eigenvalue weighted by molar-refractivity contribution is -0.147. The number of carboxylic acids is 1. The van der Waals surface area contributed by atoms with Crippen molar-refractivity contribution in [3.05, 3.63) is 34.3 Å². The van der Waals surface area contributed by atoms with E-state index in [-0.39, 0.29) is 31.3 Å². The number of amides is 2. The molecule has 1 fully saturated rings. The van der Waals surface area contributed by atoms with Gasteiger partial charge < -0.3 is 14.9 Å². The number of likely N-dealkylation sites (N-methyl/N-ethyl adjacent to an activating group) is 1. The average Bonchev–Trinajstić information content (AvgIpc) is 2.56. The monoisotopic (exact) mass is 396 g/mol. The van der Waals surface area contributed by atoms with Crippen LogP contribution in [-0.2, 0) is 20.8 Å². The van der Waals surface area contributed by atoms with Crippen LogP contribution >= 0.6 is 15.9 Å². The van der Waals surface area contributed by atoms with Crippen molar-refractivity contribution in [3.63, 3.8) is 0 Å². The molecule has 0 aliphatic carbocycles. The third-order valence-electron chi connectivity index (χ3n) is 4.19. The highest BCUT2D eigenvalue weighted by Crippen LogP contribution is 2.17. The van der Waals surface area contributed by atoms with Gasteiger partial charge in [0.2, 0.25) is 11.8 Å². The molecule has 1 heterocycles. The summed E-state index contributed by atoms with van der Waals surface area (Å²) in [4.78, 5) is 38.6. The van der Waals surface area contributed by atoms with Crippen LogP contribution in [0.2, 0.25) is 0 Å². The van der Waals surface area contributed by atoms with Crippen LogP contribution < -0.4 is 0 Å². The molecule has 0 saturated carbocycles. The zero-order chi connectivity index (χ0) is 17.7. The molecular weight excluding hydrogens is 376 g/mol. The van der Waals surface area contributed by atoms with Gasteiger partial charge in [0.25, 0.3) is 0 Å². The molecule has 1 aromatic carbocycles. The number of rotatable bonds is 5. The van der Waals surface area contributed by atoms with E-state index in [2.05, 4.69) is 15.9 Å². The zero-order valence-electron chi connectivity index (χ0n) is 13.6. The van der Waals surface area contributed by atoms with Gasteiger partial charge in [0.15, 0.2) is 0 Å². The van der Waals surface area contributed by atoms with Gasteiger partial charge in [0.05, 0.1) is 18.9 Å². The first-order chi connectivity index (χ1) is 11.4. The Balaban J connectivity index is 1.87. The van der Waals surface area contributed by atoms with E-state index in [0.29, 0.717) is 19.4 Å². The summed E-state index contributed by atoms with van der Waals surface area (Å²) < 4.78 is 0.945. The smallest absolute Gasteiger partial charge is 0.308 e. The standard InChI is InChI=1S/C17H21BrN2O4/c1-19(15(21)9-12-4-6-14(18)7-5-12)11-16(22)20-8-2-3-13(10-20)17(23)24/h4-7,13H,2-3,8-11H2,1H3,(H,23,24). The Hall–Kier alpha value is -1.89. The fourth-order valence-corrected chi connectivity index (χ4v) is 2.97. The number of carboxylic acid groups (broad SMARTS) is 1. The number of halogens is 1. The lowest BCUT2D eigenvalue weighted by Crippen LogP contribution is -2.47. The van der Waals surface area contributed by atoms with Gasteiger partial charge in [-0.15, -0.1) is 0 Å². The minimum Gasteiger partial charge on any atom is -0.481 e. The number of likely N-dealkylation sites (tertiary alicyclic amines) is 1. The van der Waals surface area contributed by atoms with Crippen molar-refractivity contribution in [2.24, 2.45) is 5.92 Å². The first-order valence-electron chi connectivity index (χ1n) is 7.86. The third-order valence-corrected chi connectivity index (χ3v) is 4.72. The van der Waals surface area contributed by atoms with Crippen molar-refractivity contribution in [2.45, 2.75) is 19.3 Å². The molecule has 0 radical (unpaired) electrons. The maximum Gasteiger partial charge on any atom is 0.308 e. The summed E-state index contributed by atoms with van der Waals surface area (Å²) >= 11 is 3.35. The Bertz CT molecular complexity index is 618. The number of nitrogens with zero attached hydrogens (tertiary/aromatic N) is 2. The fraction of sp³-hybridized carbons (Fsp3) is 0.471. The number of carbonyl (C=O) groups excluding carboxylic acids is 2. The van der Waals surface area contributed by atoms with Crippen molar-refractivity contribution in [2.75, 3.05) is 26.7 Å². The van der Waals surface area contributed by atoms with Crippen LogP contribution in [-0.4, -0.2) is 59.4 Å². The second kappa shape index (κ2) is 8.28. The summed E-state index contributed by atoms with van der Waals surface area (Å²) in [6.07, 6.45) is 1.51. The quantitative estimate of drug-likeness (QED) is 0.822. The second-order valence-corrected chi connectivity index (χ2v) is 6.99. The predicted molar refractivity (Wildman–Crippen MR) is 92.4 cm³/mol. The summed E-state index contributed by atoms with van der Waals surface area (Å²) in [7, 11) is 1.59. The molecular formula is C17H21BrN2O4. The summed E-state index contributed by atoms with van der Waals surface area (Å²) in [6.45, 7) is 0.752. The van der Waals surface area contributed by atoms with E-state index in [9.17, 15) is 14.4 Å². The minimum absolute atomic E-state index is 0.0261. The normalized spacial score (nSPS) is 17.4. The molecule has 1 aromatic rings. The second-order valence-electron chi connectivity index (χ2n) is 6.07. The van der Waals surface area contributed by atoms with Gasteiger partial charge in [-0.05, 0) is 30.5 Å². The van der Waals surface area contributed by atoms with Crippen LogP contribution in [0, 0.1) is 5.92 Å². The van der Waals surface area contributed by atoms with E-state index >= 15 is 0 Å². The molecule has 2 amide bonds. The summed E-state index contributed by atoms with van der Waals surface area (Å²) in [6, 6.07) is 7.46. The maximum atomic E-state index is 12.3. The van der Waals surface area contributed by atoms with Crippen LogP contribution in [0.15, 0.2) is 28.7 Å². The molecule has 1 unspecified atom stereocenters. The number of carbonyl (C=O) groups is 3. The predicted octanol–water partition coefficient (Wildman–Crippen LogP) is 1.77. The molecule has 6 nitrogen and oxygen atoms in total. The van der Waals surface area contributed by atoms with Crippen molar-refractivity contribution in [1.29, 1.82) is 0 Å². The van der Waals surface area contributed by atoms with E-state index in [1.165, 1.54) is 4.90 Å². The molecule has 1 aliphatic heterocycles. The highest BCUT2D eigenvalue weighted by molar-refractivity contribution is 9.10. The Labute approximate surface area is 149 Å². The molecule has 2 rings (SSSR count). The van der Waals surface area contributed by atoms with Crippen molar-refractivity contribution < 1.29 is 19.5 Å². The largest absolute Gasteiger partial charge is 0.481 e. The van der Waals surface area contributed by atoms with Gasteiger partial charge in [0.1, 0.15) is 0 Å². The number of hydrogen-bond donors (Lipinski definition) is 1. The van der Waals surface area contributed by atoms with E-state index in [1.807, 2.05) is 24.3 Å². The molecule has 1 N–H and O–H groups in total. The first-order valence-corrected chi connectivity index (χ1v) is 8.65. The zero-order valence-corrected chi connectivity index (χ0v) is 15.2. The van der Waals surface area contributed by atoms with Gasteiger partial charge in [-0.3, -0.25) is 14.4 Å². The lowest BCUT2D eigenvalue weighted by atomic mass is 9.98. The molecule has 1 aliphatic rings. The average molecular weight is 397 g/mol. The summed E-state index contributed by atoms with van der Waals surface area (Å²) in [5.41, 5.74) is 0.881. The van der Waals surface area contributed by atoms with Crippen molar-refractivity contribution in [3.8, 4) is 0 Å². The molecule has 7 heteroatoms. The highest BCUT2D eigenvalue weighted by atomic mass is 79.9. The SMILES string of the molecule is CN(CC(=O)N1CCCC(C(=O)O)C1)C(=O)Cc1ccc(Br)cc1. The van der Waals surface area contributed by atoms with Gasteiger partial charge in [-0.2, -0.15) is 0 Å². The summed E-state index contributed by atoms with van der Waals surface area (Å²) in [5.74, 6) is -1.72. The van der Waals surface area contributed by atoms with Gasteiger partial charge in [-0.25, -0.2) is 0 Å². The molecule has 1 saturated heterocycles. The van der Waals surface area contributed by atoms with Gasteiger partial charge in [-0.1, -0.05) is 28.1 Å². The molecule has 24 heavy (non-hydrogen) atoms. The van der Waals surface area contributed by atoms with E-state index in [4.69, 9.17) is 5.11 Å². The molecule has 0 spiro atoms. The summed E-state index contributed by atoms with van der Waals surface area (Å²) in [5, 5.41) is 9.09. The van der Waals surface area contributed by atoms with E-state index in [1.54, 1.807) is 11.9 Å². The topological polar surface area (TPSA) is 77.9 Å². The number of aliphatic carboxylic acids is 1. The molecule has 0 aromatic heterocycles. The number of benzene rings is 1. The van der Waals surface area contributed by atoms with Crippen LogP contribution in [0.4, 0.5) is 0 Å². The van der Waals surface area contributed by atoms with Crippen LogP contribution in [0.25, 0.3) is 0 Å². The number of piperidine rings is 1. The molecule has 0 bridgehead atoms. The molecule has 1 atom stereocenters. The van der Waals surface area contributed by atoms with Crippen molar-refractivity contribution >= 4 is 33.7 Å². The van der Waals surface area contributed by atoms with E-state index in [0.717, 1.165) is 10.0 Å². The molecule has 130 valence electrons. The lowest BCUT2D eigenvalue weighted by Gasteiger charge is -2.32. The van der Waals surface area contributed by atoms with Gasteiger partial charge in [0, 0.05) is 24.6 Å². The Kier molecular flexibility index (Phi) is 6.36. The fourth-order valence-electron chi connectivity index (χ4n) is 2.71. The minimum atomic E-state index is -0.868. The third kappa shape index (κ3) is 5.06. The van der Waals surface area contributed by atoms with Crippen LogP contribution in [0.1, 0.15) is 18.4 Å². The first kappa shape index (κ1) is 18.4. The Morgan fingerprint density at radius 3 is 2.58 bits per heavy atom. The van der Waals surface area contributed by atoms with Gasteiger partial charge >= 0.3 is 5.97 Å². The number of hydrogen-bond acceptors (Lipinski definition) is 3. The van der Waals surface area contributed by atoms with Crippen LogP contribution in [0.5, 0.6) is 0 Å².